The van der Waals surface area contributed by atoms with Gasteiger partial charge in [-0.1, -0.05) is 12.6 Å². The highest BCUT2D eigenvalue weighted by atomic mass is 28.2. The smallest absolute Gasteiger partial charge is 0.330 e. The van der Waals surface area contributed by atoms with Gasteiger partial charge in [-0.25, -0.2) is 4.79 Å². The largest absolute Gasteiger partial charge is 0.463 e. The van der Waals surface area contributed by atoms with E-state index in [1.807, 2.05) is 6.92 Å². The first-order valence-electron chi connectivity index (χ1n) is 5.98. The lowest BCUT2D eigenvalue weighted by atomic mass is 10.4. The average Bonchev–Trinajstić information content (AvgIpc) is 2.42. The molecule has 0 spiro atoms. The Balaban J connectivity index is 4.05. The van der Waals surface area contributed by atoms with Crippen molar-refractivity contribution in [2.45, 2.75) is 30.9 Å². The summed E-state index contributed by atoms with van der Waals surface area (Å²) in [4.78, 5) is 10.8. The first-order valence-corrected chi connectivity index (χ1v) is 7.69. The van der Waals surface area contributed by atoms with Crippen LogP contribution in [0.15, 0.2) is 12.7 Å². The van der Waals surface area contributed by atoms with Crippen LogP contribution in [0.2, 0.25) is 6.04 Å². The minimum Gasteiger partial charge on any atom is -0.463 e. The molecule has 1 unspecified atom stereocenters. The highest BCUT2D eigenvalue weighted by molar-refractivity contribution is 6.39. The quantitative estimate of drug-likeness (QED) is 0.193. The molecular weight excluding hydrogens is 252 g/mol. The van der Waals surface area contributed by atoms with Gasteiger partial charge in [0.2, 0.25) is 0 Å². The van der Waals surface area contributed by atoms with Crippen LogP contribution < -0.4 is 0 Å². The molecule has 0 N–H and O–H groups in total. The average molecular weight is 276 g/mol. The van der Waals surface area contributed by atoms with Gasteiger partial charge < -0.3 is 18.9 Å². The van der Waals surface area contributed by atoms with Crippen LogP contribution in [0.1, 0.15) is 13.3 Å². The Morgan fingerprint density at radius 2 is 2.00 bits per heavy atom. The summed E-state index contributed by atoms with van der Waals surface area (Å²) >= 11 is 0. The Morgan fingerprint density at radius 3 is 2.44 bits per heavy atom. The third-order valence-electron chi connectivity index (χ3n) is 2.99. The van der Waals surface area contributed by atoms with E-state index in [1.165, 1.54) is 6.08 Å². The topological polar surface area (TPSA) is 54.0 Å². The fraction of sp³-hybridized carbons (Fsp3) is 0.750. The number of methoxy groups -OCH3 is 3. The molecule has 0 aromatic heterocycles. The van der Waals surface area contributed by atoms with Crippen molar-refractivity contribution in [3.05, 3.63) is 12.7 Å². The molecule has 0 aromatic rings. The summed E-state index contributed by atoms with van der Waals surface area (Å²) in [5.41, 5.74) is -0.614. The van der Waals surface area contributed by atoms with Gasteiger partial charge in [0.25, 0.3) is 0 Å². The van der Waals surface area contributed by atoms with Gasteiger partial charge in [0.1, 0.15) is 6.10 Å². The van der Waals surface area contributed by atoms with Crippen LogP contribution in [0.4, 0.5) is 0 Å². The summed E-state index contributed by atoms with van der Waals surface area (Å²) in [6.45, 7) is 5.67. The maximum absolute atomic E-state index is 10.8. The Hall–Kier alpha value is -0.693. The minimum atomic E-state index is -0.678. The fourth-order valence-corrected chi connectivity index (χ4v) is 3.64. The highest BCUT2D eigenvalue weighted by Crippen LogP contribution is 2.19. The molecular formula is C12H24O5Si. The van der Waals surface area contributed by atoms with Gasteiger partial charge in [-0.2, -0.15) is 0 Å². The SMILES string of the molecule is C=CC(=O)OCCC[SiH2]C(OC)(OC)C(C)OC. The first kappa shape index (κ1) is 17.3. The molecule has 1 atom stereocenters. The molecule has 0 aliphatic rings. The number of esters is 1. The first-order chi connectivity index (χ1) is 8.56. The number of rotatable bonds is 10. The molecule has 0 amide bonds. The number of ether oxygens (including phenoxy) is 4. The van der Waals surface area contributed by atoms with Crippen LogP contribution in [-0.2, 0) is 23.7 Å². The Labute approximate surface area is 111 Å². The molecule has 106 valence electrons. The van der Waals surface area contributed by atoms with Crippen LogP contribution >= 0.6 is 0 Å². The third-order valence-corrected chi connectivity index (χ3v) is 5.70. The van der Waals surface area contributed by atoms with E-state index >= 15 is 0 Å². The standard InChI is InChI=1S/C12H24O5Si/c1-6-11(13)17-8-7-9-18-12(15-4,16-5)10(2)14-3/h6,10H,1,7-9,18H2,2-5H3. The Bertz CT molecular complexity index is 253. The van der Waals surface area contributed by atoms with Crippen molar-refractivity contribution < 1.29 is 23.7 Å². The second kappa shape index (κ2) is 9.27. The lowest BCUT2D eigenvalue weighted by molar-refractivity contribution is -0.205. The van der Waals surface area contributed by atoms with Gasteiger partial charge in [-0.15, -0.1) is 0 Å². The number of hydrogen-bond acceptors (Lipinski definition) is 5. The van der Waals surface area contributed by atoms with E-state index in [0.717, 1.165) is 12.5 Å². The number of carbonyl (C=O) groups is 1. The monoisotopic (exact) mass is 276 g/mol. The van der Waals surface area contributed by atoms with Crippen LogP contribution in [0.25, 0.3) is 0 Å². The summed E-state index contributed by atoms with van der Waals surface area (Å²) < 4.78 is 21.2. The summed E-state index contributed by atoms with van der Waals surface area (Å²) in [6.07, 6.45) is 1.85. The number of carbonyl (C=O) groups excluding carboxylic acids is 1. The van der Waals surface area contributed by atoms with Gasteiger partial charge in [0, 0.05) is 27.4 Å². The van der Waals surface area contributed by atoms with Crippen molar-refractivity contribution in [3.63, 3.8) is 0 Å². The van der Waals surface area contributed by atoms with Crippen molar-refractivity contribution in [2.75, 3.05) is 27.9 Å². The van der Waals surface area contributed by atoms with Gasteiger partial charge in [0.15, 0.2) is 5.41 Å². The molecule has 0 aromatic carbocycles. The van der Waals surface area contributed by atoms with Crippen molar-refractivity contribution in [3.8, 4) is 0 Å². The molecule has 0 aliphatic carbocycles. The minimum absolute atomic E-state index is 0.116. The van der Waals surface area contributed by atoms with E-state index in [2.05, 4.69) is 6.58 Å². The molecule has 0 fully saturated rings. The molecule has 0 rings (SSSR count). The number of hydrogen-bond donors (Lipinski definition) is 0. The summed E-state index contributed by atoms with van der Waals surface area (Å²) in [6, 6.07) is 0.944. The second-order valence-electron chi connectivity index (χ2n) is 3.93. The van der Waals surface area contributed by atoms with Crippen molar-refractivity contribution in [2.24, 2.45) is 0 Å². The predicted molar refractivity (Wildman–Crippen MR) is 72.3 cm³/mol. The summed E-state index contributed by atoms with van der Waals surface area (Å²) in [7, 11) is 4.22. The molecule has 0 heterocycles. The maximum atomic E-state index is 10.8. The zero-order valence-electron chi connectivity index (χ0n) is 11.7. The van der Waals surface area contributed by atoms with Crippen LogP contribution in [0.5, 0.6) is 0 Å². The molecule has 6 heteroatoms. The Morgan fingerprint density at radius 1 is 1.39 bits per heavy atom. The van der Waals surface area contributed by atoms with Crippen molar-refractivity contribution in [1.29, 1.82) is 0 Å². The lowest BCUT2D eigenvalue weighted by Gasteiger charge is -2.35. The van der Waals surface area contributed by atoms with E-state index in [0.29, 0.717) is 6.61 Å². The Kier molecular flexibility index (Phi) is 8.91. The van der Waals surface area contributed by atoms with Gasteiger partial charge >= 0.3 is 5.97 Å². The van der Waals surface area contributed by atoms with Crippen molar-refractivity contribution in [1.82, 2.24) is 0 Å². The molecule has 0 saturated carbocycles. The normalized spacial score (nSPS) is 13.8. The zero-order chi connectivity index (χ0) is 14.0. The summed E-state index contributed by atoms with van der Waals surface area (Å²) in [5.74, 6) is -0.383. The molecule has 0 aliphatic heterocycles. The lowest BCUT2D eigenvalue weighted by Crippen LogP contribution is -2.50. The zero-order valence-corrected chi connectivity index (χ0v) is 13.1. The highest BCUT2D eigenvalue weighted by Gasteiger charge is 2.36. The fourth-order valence-electron chi connectivity index (χ4n) is 1.71. The van der Waals surface area contributed by atoms with Crippen molar-refractivity contribution >= 4 is 15.5 Å². The van der Waals surface area contributed by atoms with E-state index < -0.39 is 14.9 Å². The molecule has 18 heavy (non-hydrogen) atoms. The van der Waals surface area contributed by atoms with E-state index in [-0.39, 0.29) is 12.1 Å². The predicted octanol–water partition coefficient (Wildman–Crippen LogP) is 0.674. The van der Waals surface area contributed by atoms with Crippen LogP contribution in [-0.4, -0.2) is 54.9 Å². The summed E-state index contributed by atoms with van der Waals surface area (Å²) in [5, 5.41) is 0. The van der Waals surface area contributed by atoms with Gasteiger partial charge in [0.05, 0.1) is 16.1 Å². The molecule has 0 radical (unpaired) electrons. The van der Waals surface area contributed by atoms with E-state index in [1.54, 1.807) is 21.3 Å². The maximum Gasteiger partial charge on any atom is 0.330 e. The van der Waals surface area contributed by atoms with Gasteiger partial charge in [-0.05, 0) is 13.3 Å². The second-order valence-corrected chi connectivity index (χ2v) is 6.12. The van der Waals surface area contributed by atoms with Gasteiger partial charge in [-0.3, -0.25) is 0 Å². The van der Waals surface area contributed by atoms with E-state index in [9.17, 15) is 4.79 Å². The molecule has 0 saturated heterocycles. The van der Waals surface area contributed by atoms with Crippen LogP contribution in [0, 0.1) is 0 Å². The van der Waals surface area contributed by atoms with Crippen LogP contribution in [0.3, 0.4) is 0 Å². The third kappa shape index (κ3) is 5.30. The van der Waals surface area contributed by atoms with E-state index in [4.69, 9.17) is 18.9 Å². The molecule has 5 nitrogen and oxygen atoms in total. The molecule has 0 bridgehead atoms.